The van der Waals surface area contributed by atoms with Crippen LogP contribution in [0.5, 0.6) is 0 Å². The van der Waals surface area contributed by atoms with Crippen molar-refractivity contribution in [3.8, 4) is 0 Å². The van der Waals surface area contributed by atoms with Crippen LogP contribution in [0, 0.1) is 20.2 Å². The van der Waals surface area contributed by atoms with Gasteiger partial charge in [0.05, 0.1) is 9.40 Å². The Labute approximate surface area is 215 Å². The molecule has 0 fully saturated rings. The summed E-state index contributed by atoms with van der Waals surface area (Å²) >= 11 is 6.57. The third-order valence-electron chi connectivity index (χ3n) is 3.72. The molecule has 14 heteroatoms. The molecule has 0 aliphatic heterocycles. The van der Waals surface area contributed by atoms with Gasteiger partial charge in [-0.1, -0.05) is 75.7 Å². The van der Waals surface area contributed by atoms with E-state index in [0.717, 1.165) is 10.0 Å². The minimum atomic E-state index is -4.67. The normalized spacial score (nSPS) is 10.9. The fourth-order valence-corrected chi connectivity index (χ4v) is 2.72. The predicted octanol–water partition coefficient (Wildman–Crippen LogP) is 6.40. The maximum absolute atomic E-state index is 10.7. The van der Waals surface area contributed by atoms with Gasteiger partial charge in [-0.3, -0.25) is 19.2 Å². The molecule has 2 rings (SSSR count). The van der Waals surface area contributed by atoms with Crippen LogP contribution in [0.15, 0.2) is 51.4 Å². The lowest BCUT2D eigenvalue weighted by Gasteiger charge is -2.18. The Morgan fingerprint density at radius 1 is 0.794 bits per heavy atom. The van der Waals surface area contributed by atoms with Crippen LogP contribution in [-0.2, 0) is 21.2 Å². The number of nitrogens with zero attached hydrogens (tertiary/aromatic N) is 2. The molecule has 0 aliphatic carbocycles. The molecule has 34 heavy (non-hydrogen) atoms. The summed E-state index contributed by atoms with van der Waals surface area (Å²) in [6.07, 6.45) is 0. The number of benzene rings is 2. The molecule has 0 saturated heterocycles. The average molecular weight is 632 g/mol. The first kappa shape index (κ1) is 34.0. The van der Waals surface area contributed by atoms with E-state index in [0.29, 0.717) is 4.47 Å². The molecular weight excluding hydrogens is 604 g/mol. The fourth-order valence-electron chi connectivity index (χ4n) is 2.07. The van der Waals surface area contributed by atoms with Crippen molar-refractivity contribution in [2.45, 2.75) is 52.4 Å². The van der Waals surface area contributed by atoms with E-state index in [1.165, 1.54) is 5.56 Å². The van der Waals surface area contributed by atoms with Crippen molar-refractivity contribution in [2.24, 2.45) is 0 Å². The number of hydrogen-bond donors (Lipinski definition) is 3. The van der Waals surface area contributed by atoms with Gasteiger partial charge in [-0.25, -0.2) is 0 Å². The molecule has 11 nitrogen and oxygen atoms in total. The Balaban J connectivity index is 0. The fraction of sp³-hybridized carbons (Fsp3) is 0.400. The highest BCUT2D eigenvalue weighted by molar-refractivity contribution is 9.10. The van der Waals surface area contributed by atoms with Gasteiger partial charge >= 0.3 is 10.4 Å². The Hall–Kier alpha value is -2.13. The SMILES string of the molecule is CC(C)(C)c1ccc(Br)c([N+](=O)[O-])c1.CC(C)(C)c1ccc(Br)cc1.O=S(=O)(O)O.O=[N+]([O-])O. The molecule has 3 N–H and O–H groups in total. The molecule has 0 atom stereocenters. The quantitative estimate of drug-likeness (QED) is 0.182. The van der Waals surface area contributed by atoms with E-state index >= 15 is 0 Å². The smallest absolute Gasteiger partial charge is 0.328 e. The van der Waals surface area contributed by atoms with Gasteiger partial charge in [-0.05, 0) is 56.1 Å². The summed E-state index contributed by atoms with van der Waals surface area (Å²) in [6.45, 7) is 12.7. The molecule has 2 aromatic carbocycles. The van der Waals surface area contributed by atoms with E-state index in [4.69, 9.17) is 32.8 Å². The molecule has 0 heterocycles. The second-order valence-electron chi connectivity index (χ2n) is 8.62. The molecule has 0 spiro atoms. The number of hydrogen-bond acceptors (Lipinski definition) is 6. The van der Waals surface area contributed by atoms with Crippen molar-refractivity contribution < 1.29 is 32.7 Å². The standard InChI is InChI=1S/C10H12BrNO2.C10H13Br.HNO3.H2O4S/c1-10(2,3)7-4-5-8(11)9(6-7)12(13)14;1-10(2,3)8-4-6-9(11)7-5-8;2-1(3)4;1-5(2,3)4/h4-6H,1-3H3;4-7H,1-3H3;(H,2,3,4);(H2,1,2,3,4). The number of nitro groups is 1. The maximum Gasteiger partial charge on any atom is 0.394 e. The summed E-state index contributed by atoms with van der Waals surface area (Å²) < 4.78 is 33.3. The lowest BCUT2D eigenvalue weighted by Crippen LogP contribution is -2.11. The van der Waals surface area contributed by atoms with Crippen molar-refractivity contribution in [3.63, 3.8) is 0 Å². The van der Waals surface area contributed by atoms with Gasteiger partial charge in [0.25, 0.3) is 10.8 Å². The Bertz CT molecular complexity index is 1040. The maximum atomic E-state index is 10.7. The van der Waals surface area contributed by atoms with Crippen LogP contribution in [0.4, 0.5) is 5.69 Å². The first-order chi connectivity index (χ1) is 15.1. The molecule has 0 saturated carbocycles. The first-order valence-electron chi connectivity index (χ1n) is 9.29. The van der Waals surface area contributed by atoms with Gasteiger partial charge in [0.1, 0.15) is 0 Å². The van der Waals surface area contributed by atoms with Crippen molar-refractivity contribution in [1.82, 2.24) is 0 Å². The van der Waals surface area contributed by atoms with E-state index in [-0.39, 0.29) is 21.4 Å². The van der Waals surface area contributed by atoms with Crippen molar-refractivity contribution in [3.05, 3.63) is 82.8 Å². The average Bonchev–Trinajstić information content (AvgIpc) is 2.59. The van der Waals surface area contributed by atoms with E-state index in [9.17, 15) is 10.1 Å². The molecule has 0 aliphatic rings. The first-order valence-corrected chi connectivity index (χ1v) is 12.3. The van der Waals surface area contributed by atoms with Crippen molar-refractivity contribution in [1.29, 1.82) is 0 Å². The largest absolute Gasteiger partial charge is 0.394 e. The van der Waals surface area contributed by atoms with E-state index < -0.39 is 15.5 Å². The lowest BCUT2D eigenvalue weighted by molar-refractivity contribution is -0.742. The number of halogens is 2. The van der Waals surface area contributed by atoms with Crippen LogP contribution in [0.2, 0.25) is 0 Å². The summed E-state index contributed by atoms with van der Waals surface area (Å²) in [6, 6.07) is 13.7. The molecule has 0 amide bonds. The Kier molecular flexibility index (Phi) is 14.3. The topological polar surface area (TPSA) is 181 Å². The van der Waals surface area contributed by atoms with Crippen LogP contribution in [0.25, 0.3) is 0 Å². The minimum Gasteiger partial charge on any atom is -0.328 e. The summed E-state index contributed by atoms with van der Waals surface area (Å²) in [5.74, 6) is 0. The summed E-state index contributed by atoms with van der Waals surface area (Å²) in [5.41, 5.74) is 2.66. The molecule has 2 aromatic rings. The summed E-state index contributed by atoms with van der Waals surface area (Å²) in [7, 11) is -4.67. The zero-order valence-electron chi connectivity index (χ0n) is 19.4. The van der Waals surface area contributed by atoms with Crippen LogP contribution >= 0.6 is 31.9 Å². The molecular formula is C20H28Br2N2O9S. The number of rotatable bonds is 1. The van der Waals surface area contributed by atoms with Crippen LogP contribution in [0.1, 0.15) is 52.7 Å². The highest BCUT2D eigenvalue weighted by Crippen LogP contribution is 2.31. The highest BCUT2D eigenvalue weighted by atomic mass is 79.9. The molecule has 0 aromatic heterocycles. The van der Waals surface area contributed by atoms with Crippen LogP contribution in [0.3, 0.4) is 0 Å². The van der Waals surface area contributed by atoms with Gasteiger partial charge in [0, 0.05) is 10.5 Å². The third-order valence-corrected chi connectivity index (χ3v) is 4.92. The van der Waals surface area contributed by atoms with Crippen LogP contribution in [-0.4, -0.2) is 32.7 Å². The molecule has 0 radical (unpaired) electrons. The van der Waals surface area contributed by atoms with Gasteiger partial charge in [0.15, 0.2) is 0 Å². The second-order valence-corrected chi connectivity index (χ2v) is 11.3. The minimum absolute atomic E-state index is 0.0640. The zero-order chi connectivity index (χ0) is 27.5. The second kappa shape index (κ2) is 14.3. The monoisotopic (exact) mass is 630 g/mol. The summed E-state index contributed by atoms with van der Waals surface area (Å²) in [4.78, 5) is 18.7. The molecule has 192 valence electrons. The van der Waals surface area contributed by atoms with E-state index in [2.05, 4.69) is 76.9 Å². The molecule has 0 unspecified atom stereocenters. The highest BCUT2D eigenvalue weighted by Gasteiger charge is 2.19. The third kappa shape index (κ3) is 18.3. The summed E-state index contributed by atoms with van der Waals surface area (Å²) in [5, 5.41) is 24.3. The van der Waals surface area contributed by atoms with Gasteiger partial charge in [-0.2, -0.15) is 8.42 Å². The van der Waals surface area contributed by atoms with Crippen LogP contribution < -0.4 is 0 Å². The molecule has 0 bridgehead atoms. The van der Waals surface area contributed by atoms with Gasteiger partial charge in [-0.15, -0.1) is 10.1 Å². The Morgan fingerprint density at radius 2 is 1.12 bits per heavy atom. The van der Waals surface area contributed by atoms with Crippen molar-refractivity contribution >= 4 is 47.9 Å². The number of nitro benzene ring substituents is 1. The van der Waals surface area contributed by atoms with Crippen molar-refractivity contribution in [2.75, 3.05) is 0 Å². The van der Waals surface area contributed by atoms with Gasteiger partial charge in [0.2, 0.25) is 0 Å². The van der Waals surface area contributed by atoms with Gasteiger partial charge < -0.3 is 5.21 Å². The lowest BCUT2D eigenvalue weighted by atomic mass is 9.87. The Morgan fingerprint density at radius 3 is 1.41 bits per heavy atom. The predicted molar refractivity (Wildman–Crippen MR) is 135 cm³/mol. The van der Waals surface area contributed by atoms with E-state index in [1.807, 2.05) is 26.8 Å². The van der Waals surface area contributed by atoms with E-state index in [1.54, 1.807) is 12.1 Å². The zero-order valence-corrected chi connectivity index (χ0v) is 23.4.